The fourth-order valence-corrected chi connectivity index (χ4v) is 2.65. The van der Waals surface area contributed by atoms with Crippen molar-refractivity contribution in [1.29, 1.82) is 5.26 Å². The molecule has 0 spiro atoms. The highest BCUT2D eigenvalue weighted by atomic mass is 32.1. The molecule has 0 N–H and O–H groups in total. The molecular formula is C16H21N5S. The Kier molecular flexibility index (Phi) is 5.47. The second kappa shape index (κ2) is 7.34. The highest BCUT2D eigenvalue weighted by Crippen LogP contribution is 2.16. The van der Waals surface area contributed by atoms with Gasteiger partial charge in [-0.05, 0) is 44.2 Å². The molecule has 0 aliphatic carbocycles. The van der Waals surface area contributed by atoms with E-state index in [4.69, 9.17) is 17.5 Å². The van der Waals surface area contributed by atoms with E-state index >= 15 is 0 Å². The van der Waals surface area contributed by atoms with Crippen molar-refractivity contribution in [3.63, 3.8) is 0 Å². The minimum absolute atomic E-state index is 0.513. The molecule has 0 aliphatic heterocycles. The number of nitrogens with zero attached hydrogens (tertiary/aromatic N) is 5. The van der Waals surface area contributed by atoms with Gasteiger partial charge >= 0.3 is 0 Å². The van der Waals surface area contributed by atoms with Gasteiger partial charge < -0.3 is 0 Å². The van der Waals surface area contributed by atoms with Crippen molar-refractivity contribution in [1.82, 2.24) is 19.2 Å². The first-order valence-electron chi connectivity index (χ1n) is 7.38. The minimum Gasteiger partial charge on any atom is -0.284 e. The monoisotopic (exact) mass is 315 g/mol. The van der Waals surface area contributed by atoms with Gasteiger partial charge in [-0.3, -0.25) is 9.47 Å². The number of benzene rings is 1. The zero-order valence-electron chi connectivity index (χ0n) is 13.3. The fourth-order valence-electron chi connectivity index (χ4n) is 2.40. The smallest absolute Gasteiger partial charge is 0.203 e. The van der Waals surface area contributed by atoms with Crippen LogP contribution in [0.5, 0.6) is 0 Å². The summed E-state index contributed by atoms with van der Waals surface area (Å²) in [5, 5.41) is 13.1. The molecule has 2 rings (SSSR count). The van der Waals surface area contributed by atoms with E-state index in [-0.39, 0.29) is 0 Å². The van der Waals surface area contributed by atoms with Gasteiger partial charge in [0.2, 0.25) is 4.77 Å². The Morgan fingerprint density at radius 1 is 1.36 bits per heavy atom. The SMILES string of the molecule is CCN(CCC#N)Cn1ncn(-c2ccc(C)cc2C)c1=S. The van der Waals surface area contributed by atoms with Crippen LogP contribution in [0.3, 0.4) is 0 Å². The third kappa shape index (κ3) is 3.62. The van der Waals surface area contributed by atoms with Gasteiger partial charge in [-0.25, -0.2) is 4.68 Å². The summed E-state index contributed by atoms with van der Waals surface area (Å²) in [5.41, 5.74) is 3.46. The second-order valence-electron chi connectivity index (χ2n) is 5.33. The lowest BCUT2D eigenvalue weighted by molar-refractivity contribution is 0.220. The van der Waals surface area contributed by atoms with Crippen molar-refractivity contribution in [2.24, 2.45) is 0 Å². The molecule has 0 bridgehead atoms. The first kappa shape index (κ1) is 16.4. The summed E-state index contributed by atoms with van der Waals surface area (Å²) >= 11 is 5.55. The molecule has 1 heterocycles. The molecule has 0 amide bonds. The van der Waals surface area contributed by atoms with Gasteiger partial charge in [-0.1, -0.05) is 24.6 Å². The van der Waals surface area contributed by atoms with Crippen molar-refractivity contribution >= 4 is 12.2 Å². The topological polar surface area (TPSA) is 49.8 Å². The maximum Gasteiger partial charge on any atom is 0.203 e. The number of aryl methyl sites for hydroxylation is 2. The second-order valence-corrected chi connectivity index (χ2v) is 5.70. The number of nitriles is 1. The normalized spacial score (nSPS) is 10.9. The molecular weight excluding hydrogens is 294 g/mol. The van der Waals surface area contributed by atoms with Crippen molar-refractivity contribution in [2.75, 3.05) is 13.1 Å². The van der Waals surface area contributed by atoms with E-state index in [2.05, 4.69) is 55.0 Å². The van der Waals surface area contributed by atoms with Crippen LogP contribution in [-0.2, 0) is 6.67 Å². The molecule has 1 aromatic heterocycles. The summed E-state index contributed by atoms with van der Waals surface area (Å²) in [5.74, 6) is 0. The maximum absolute atomic E-state index is 8.71. The highest BCUT2D eigenvalue weighted by Gasteiger charge is 2.09. The van der Waals surface area contributed by atoms with Gasteiger partial charge in [-0.2, -0.15) is 10.4 Å². The number of rotatable bonds is 6. The van der Waals surface area contributed by atoms with Crippen LogP contribution < -0.4 is 0 Å². The van der Waals surface area contributed by atoms with Crippen molar-refractivity contribution < 1.29 is 0 Å². The Balaban J connectivity index is 2.26. The van der Waals surface area contributed by atoms with Crippen LogP contribution in [0, 0.1) is 29.9 Å². The predicted molar refractivity (Wildman–Crippen MR) is 89.3 cm³/mol. The number of aromatic nitrogens is 3. The Morgan fingerprint density at radius 3 is 2.77 bits per heavy atom. The van der Waals surface area contributed by atoms with Crippen molar-refractivity contribution in [2.45, 2.75) is 33.9 Å². The van der Waals surface area contributed by atoms with Crippen LogP contribution in [0.1, 0.15) is 24.5 Å². The lowest BCUT2D eigenvalue weighted by Crippen LogP contribution is -2.28. The van der Waals surface area contributed by atoms with Crippen LogP contribution in [0.15, 0.2) is 24.5 Å². The van der Waals surface area contributed by atoms with Crippen LogP contribution in [0.4, 0.5) is 0 Å². The molecule has 0 fully saturated rings. The quantitative estimate of drug-likeness (QED) is 0.768. The molecule has 0 aliphatic rings. The van der Waals surface area contributed by atoms with Crippen LogP contribution in [0.2, 0.25) is 0 Å². The average molecular weight is 315 g/mol. The van der Waals surface area contributed by atoms with Gasteiger partial charge in [0, 0.05) is 13.0 Å². The molecule has 6 heteroatoms. The Bertz CT molecular complexity index is 738. The standard InChI is InChI=1S/C16H21N5S/c1-4-19(9-5-8-17)12-21-16(22)20(11-18-21)15-7-6-13(2)10-14(15)3/h6-7,10-11H,4-5,9,12H2,1-3H3. The van der Waals surface area contributed by atoms with E-state index < -0.39 is 0 Å². The third-order valence-corrected chi connectivity index (χ3v) is 4.07. The summed E-state index contributed by atoms with van der Waals surface area (Å²) < 4.78 is 4.40. The summed E-state index contributed by atoms with van der Waals surface area (Å²) in [4.78, 5) is 2.15. The third-order valence-electron chi connectivity index (χ3n) is 3.67. The summed E-state index contributed by atoms with van der Waals surface area (Å²) in [7, 11) is 0. The molecule has 0 saturated heterocycles. The van der Waals surface area contributed by atoms with Gasteiger partial charge in [0.05, 0.1) is 18.4 Å². The minimum atomic E-state index is 0.513. The van der Waals surface area contributed by atoms with Crippen molar-refractivity contribution in [3.8, 4) is 11.8 Å². The van der Waals surface area contributed by atoms with Gasteiger partial charge in [-0.15, -0.1) is 0 Å². The molecule has 2 aromatic rings. The van der Waals surface area contributed by atoms with E-state index in [1.165, 1.54) is 11.1 Å². The first-order chi connectivity index (χ1) is 10.6. The molecule has 1 aromatic carbocycles. The summed E-state index contributed by atoms with van der Waals surface area (Å²) in [6, 6.07) is 8.46. The van der Waals surface area contributed by atoms with Crippen molar-refractivity contribution in [3.05, 3.63) is 40.4 Å². The van der Waals surface area contributed by atoms with E-state index in [9.17, 15) is 0 Å². The zero-order chi connectivity index (χ0) is 16.1. The Morgan fingerprint density at radius 2 is 2.14 bits per heavy atom. The van der Waals surface area contributed by atoms with E-state index in [1.807, 2.05) is 4.57 Å². The first-order valence-corrected chi connectivity index (χ1v) is 7.79. The molecule has 22 heavy (non-hydrogen) atoms. The predicted octanol–water partition coefficient (Wildman–Crippen LogP) is 3.21. The van der Waals surface area contributed by atoms with E-state index in [0.717, 1.165) is 18.8 Å². The highest BCUT2D eigenvalue weighted by molar-refractivity contribution is 7.71. The molecule has 116 valence electrons. The maximum atomic E-state index is 8.71. The molecule has 5 nitrogen and oxygen atoms in total. The average Bonchev–Trinajstić information content (AvgIpc) is 2.84. The Labute approximate surface area is 136 Å². The summed E-state index contributed by atoms with van der Waals surface area (Å²) in [6.07, 6.45) is 2.27. The van der Waals surface area contributed by atoms with Gasteiger partial charge in [0.25, 0.3) is 0 Å². The van der Waals surface area contributed by atoms with E-state index in [1.54, 1.807) is 11.0 Å². The lowest BCUT2D eigenvalue weighted by atomic mass is 10.1. The van der Waals surface area contributed by atoms with Gasteiger partial charge in [0.1, 0.15) is 6.33 Å². The van der Waals surface area contributed by atoms with Crippen LogP contribution >= 0.6 is 12.2 Å². The zero-order valence-corrected chi connectivity index (χ0v) is 14.1. The van der Waals surface area contributed by atoms with Gasteiger partial charge in [0.15, 0.2) is 0 Å². The van der Waals surface area contributed by atoms with E-state index in [0.29, 0.717) is 17.9 Å². The number of hydrogen-bond donors (Lipinski definition) is 0. The van der Waals surface area contributed by atoms with Crippen LogP contribution in [0.25, 0.3) is 5.69 Å². The molecule has 0 saturated carbocycles. The van der Waals surface area contributed by atoms with Crippen LogP contribution in [-0.4, -0.2) is 32.3 Å². The Hall–Kier alpha value is -1.97. The fraction of sp³-hybridized carbons (Fsp3) is 0.438. The lowest BCUT2D eigenvalue weighted by Gasteiger charge is -2.18. The summed E-state index contributed by atoms with van der Waals surface area (Å²) in [6.45, 7) is 8.42. The molecule has 0 atom stereocenters. The molecule has 0 unspecified atom stereocenters. The largest absolute Gasteiger partial charge is 0.284 e. The molecule has 0 radical (unpaired) electrons. The number of hydrogen-bond acceptors (Lipinski definition) is 4.